The Kier molecular flexibility index (Phi) is 3.81. The Morgan fingerprint density at radius 2 is 1.94 bits per heavy atom. The van der Waals surface area contributed by atoms with E-state index in [4.69, 9.17) is 0 Å². The number of esters is 2. The van der Waals surface area contributed by atoms with Gasteiger partial charge < -0.3 is 10.1 Å². The Balaban J connectivity index is 2.48. The maximum atomic E-state index is 11.9. The molecule has 0 bridgehead atoms. The van der Waals surface area contributed by atoms with Crippen molar-refractivity contribution in [2.24, 2.45) is 5.41 Å². The van der Waals surface area contributed by atoms with Crippen LogP contribution in [-0.4, -0.2) is 30.7 Å². The highest BCUT2D eigenvalue weighted by Gasteiger charge is 2.43. The number of rotatable bonds is 1. The normalized spacial score (nSPS) is 24.2. The molecule has 17 heavy (non-hydrogen) atoms. The van der Waals surface area contributed by atoms with Gasteiger partial charge >= 0.3 is 18.1 Å². The van der Waals surface area contributed by atoms with Crippen molar-refractivity contribution in [3.63, 3.8) is 0 Å². The molecule has 7 heteroatoms. The van der Waals surface area contributed by atoms with Gasteiger partial charge in [0.1, 0.15) is 6.04 Å². The van der Waals surface area contributed by atoms with Crippen LogP contribution in [0.15, 0.2) is 0 Å². The molecule has 0 aromatic carbocycles. The Labute approximate surface area is 96.5 Å². The molecule has 1 fully saturated rings. The quantitative estimate of drug-likeness (QED) is 0.567. The number of piperidine rings is 1. The average Bonchev–Trinajstić information content (AvgIpc) is 2.15. The smallest absolute Gasteiger partial charge is 0.385 e. The summed E-state index contributed by atoms with van der Waals surface area (Å²) in [5.74, 6) is -3.63. The first-order chi connectivity index (χ1) is 7.62. The summed E-state index contributed by atoms with van der Waals surface area (Å²) < 4.78 is 39.3. The van der Waals surface area contributed by atoms with E-state index < -0.39 is 24.2 Å². The zero-order valence-electron chi connectivity index (χ0n) is 9.56. The topological polar surface area (TPSA) is 55.4 Å². The zero-order chi connectivity index (χ0) is 13.3. The summed E-state index contributed by atoms with van der Waals surface area (Å²) in [6, 6.07) is -0.839. The molecule has 1 saturated heterocycles. The van der Waals surface area contributed by atoms with Gasteiger partial charge in [-0.1, -0.05) is 13.8 Å². The fraction of sp³-hybridized carbons (Fsp3) is 0.800. The van der Waals surface area contributed by atoms with E-state index in [2.05, 4.69) is 10.1 Å². The molecule has 1 atom stereocenters. The highest BCUT2D eigenvalue weighted by atomic mass is 19.4. The van der Waals surface area contributed by atoms with Crippen molar-refractivity contribution in [3.8, 4) is 0 Å². The van der Waals surface area contributed by atoms with Crippen LogP contribution in [0.25, 0.3) is 0 Å². The fourth-order valence-corrected chi connectivity index (χ4v) is 1.55. The Bertz CT molecular complexity index is 315. The lowest BCUT2D eigenvalue weighted by atomic mass is 9.82. The number of alkyl halides is 3. The van der Waals surface area contributed by atoms with Crippen molar-refractivity contribution in [1.82, 2.24) is 5.32 Å². The summed E-state index contributed by atoms with van der Waals surface area (Å²) in [6.45, 7) is 4.44. The maximum Gasteiger partial charge on any atom is 0.491 e. The van der Waals surface area contributed by atoms with Crippen LogP contribution >= 0.6 is 0 Å². The maximum absolute atomic E-state index is 11.9. The van der Waals surface area contributed by atoms with Gasteiger partial charge in [0.15, 0.2) is 0 Å². The first-order valence-corrected chi connectivity index (χ1v) is 5.18. The fourth-order valence-electron chi connectivity index (χ4n) is 1.55. The second-order valence-electron chi connectivity index (χ2n) is 4.84. The number of hydrogen-bond donors (Lipinski definition) is 1. The van der Waals surface area contributed by atoms with Gasteiger partial charge in [0, 0.05) is 6.54 Å². The first kappa shape index (κ1) is 14.0. The van der Waals surface area contributed by atoms with E-state index >= 15 is 0 Å². The molecule has 0 aliphatic carbocycles. The van der Waals surface area contributed by atoms with Gasteiger partial charge in [-0.05, 0) is 18.3 Å². The molecule has 0 aromatic heterocycles. The molecule has 1 rings (SSSR count). The minimum atomic E-state index is -5.14. The summed E-state index contributed by atoms with van der Waals surface area (Å²) in [4.78, 5) is 21.7. The summed E-state index contributed by atoms with van der Waals surface area (Å²) in [5, 5.41) is 2.77. The van der Waals surface area contributed by atoms with Crippen LogP contribution in [0.4, 0.5) is 13.2 Å². The van der Waals surface area contributed by atoms with E-state index in [1.54, 1.807) is 0 Å². The van der Waals surface area contributed by atoms with E-state index in [9.17, 15) is 22.8 Å². The van der Waals surface area contributed by atoms with Crippen LogP contribution in [-0.2, 0) is 14.3 Å². The summed E-state index contributed by atoms with van der Waals surface area (Å²) >= 11 is 0. The van der Waals surface area contributed by atoms with Gasteiger partial charge in [-0.15, -0.1) is 0 Å². The second-order valence-corrected chi connectivity index (χ2v) is 4.84. The molecule has 1 aliphatic heterocycles. The van der Waals surface area contributed by atoms with Gasteiger partial charge in [-0.25, -0.2) is 9.59 Å². The standard InChI is InChI=1S/C10H14F3NO3/c1-9(2)4-3-6(14-5-9)7(15)17-8(16)10(11,12)13/h6,14H,3-5H2,1-2H3. The molecule has 0 radical (unpaired) electrons. The lowest BCUT2D eigenvalue weighted by Crippen LogP contribution is -2.48. The second kappa shape index (κ2) is 4.64. The van der Waals surface area contributed by atoms with Gasteiger partial charge in [0.05, 0.1) is 0 Å². The third-order valence-electron chi connectivity index (χ3n) is 2.65. The SMILES string of the molecule is CC1(C)CCC(C(=O)OC(=O)C(F)(F)F)NC1. The van der Waals surface area contributed by atoms with Crippen LogP contribution in [0.2, 0.25) is 0 Å². The van der Waals surface area contributed by atoms with Crippen molar-refractivity contribution >= 4 is 11.9 Å². The highest BCUT2D eigenvalue weighted by molar-refractivity contribution is 5.90. The van der Waals surface area contributed by atoms with E-state index in [0.29, 0.717) is 19.4 Å². The zero-order valence-corrected chi connectivity index (χ0v) is 9.56. The lowest BCUT2D eigenvalue weighted by Gasteiger charge is -2.33. The predicted octanol–water partition coefficient (Wildman–Crippen LogP) is 1.40. The van der Waals surface area contributed by atoms with Gasteiger partial charge in [0.25, 0.3) is 0 Å². The van der Waals surface area contributed by atoms with E-state index in [-0.39, 0.29) is 5.41 Å². The molecule has 4 nitrogen and oxygen atoms in total. The minimum absolute atomic E-state index is 0.00911. The number of nitrogens with one attached hydrogen (secondary N) is 1. The summed E-state index contributed by atoms with van der Waals surface area (Å²) in [7, 11) is 0. The van der Waals surface area contributed by atoms with Crippen LogP contribution in [0.3, 0.4) is 0 Å². The largest absolute Gasteiger partial charge is 0.491 e. The third-order valence-corrected chi connectivity index (χ3v) is 2.65. The average molecular weight is 253 g/mol. The van der Waals surface area contributed by atoms with E-state index in [0.717, 1.165) is 0 Å². The molecule has 1 heterocycles. The number of halogens is 3. The van der Waals surface area contributed by atoms with Gasteiger partial charge in [-0.3, -0.25) is 0 Å². The van der Waals surface area contributed by atoms with Gasteiger partial charge in [0.2, 0.25) is 0 Å². The molecule has 0 aromatic rings. The Morgan fingerprint density at radius 1 is 1.35 bits per heavy atom. The molecular weight excluding hydrogens is 239 g/mol. The Hall–Kier alpha value is -1.11. The molecule has 1 unspecified atom stereocenters. The third kappa shape index (κ3) is 3.99. The van der Waals surface area contributed by atoms with Crippen LogP contribution in [0.1, 0.15) is 26.7 Å². The number of ether oxygens (including phenoxy) is 1. The molecule has 0 spiro atoms. The molecule has 0 saturated carbocycles. The monoisotopic (exact) mass is 253 g/mol. The van der Waals surface area contributed by atoms with Crippen molar-refractivity contribution in [2.45, 2.75) is 38.9 Å². The van der Waals surface area contributed by atoms with Crippen molar-refractivity contribution in [3.05, 3.63) is 0 Å². The number of carbonyl (C=O) groups excluding carboxylic acids is 2. The highest BCUT2D eigenvalue weighted by Crippen LogP contribution is 2.27. The van der Waals surface area contributed by atoms with Gasteiger partial charge in [-0.2, -0.15) is 13.2 Å². The minimum Gasteiger partial charge on any atom is -0.385 e. The van der Waals surface area contributed by atoms with Crippen molar-refractivity contribution in [2.75, 3.05) is 6.54 Å². The molecule has 0 amide bonds. The Morgan fingerprint density at radius 3 is 2.35 bits per heavy atom. The predicted molar refractivity (Wildman–Crippen MR) is 52.0 cm³/mol. The van der Waals surface area contributed by atoms with Crippen LogP contribution in [0.5, 0.6) is 0 Å². The van der Waals surface area contributed by atoms with Crippen LogP contribution in [0, 0.1) is 5.41 Å². The van der Waals surface area contributed by atoms with Crippen LogP contribution < -0.4 is 5.32 Å². The first-order valence-electron chi connectivity index (χ1n) is 5.18. The lowest BCUT2D eigenvalue weighted by molar-refractivity contribution is -0.202. The molecule has 1 aliphatic rings. The van der Waals surface area contributed by atoms with E-state index in [1.807, 2.05) is 13.8 Å². The van der Waals surface area contributed by atoms with E-state index in [1.165, 1.54) is 0 Å². The molecular formula is C10H14F3NO3. The summed E-state index contributed by atoms with van der Waals surface area (Å²) in [5.41, 5.74) is -0.00911. The summed E-state index contributed by atoms with van der Waals surface area (Å²) in [6.07, 6.45) is -4.10. The van der Waals surface area contributed by atoms with Crippen molar-refractivity contribution in [1.29, 1.82) is 0 Å². The number of carbonyl (C=O) groups is 2. The molecule has 98 valence electrons. The number of hydrogen-bond acceptors (Lipinski definition) is 4. The van der Waals surface area contributed by atoms with Crippen molar-refractivity contribution < 1.29 is 27.5 Å². The molecule has 1 N–H and O–H groups in total.